The van der Waals surface area contributed by atoms with Crippen LogP contribution < -0.4 is 5.32 Å². The summed E-state index contributed by atoms with van der Waals surface area (Å²) in [6, 6.07) is 10.5. The van der Waals surface area contributed by atoms with Crippen LogP contribution in [0, 0.1) is 13.8 Å². The Bertz CT molecular complexity index is 939. The van der Waals surface area contributed by atoms with Gasteiger partial charge in [-0.3, -0.25) is 4.79 Å². The molecule has 1 aromatic carbocycles. The molecule has 0 saturated carbocycles. The summed E-state index contributed by atoms with van der Waals surface area (Å²) in [5.41, 5.74) is 3.59. The number of carbonyl (C=O) groups excluding carboxylic acids is 1. The molecule has 29 heavy (non-hydrogen) atoms. The number of hydrogen-bond donors (Lipinski definition) is 1. The van der Waals surface area contributed by atoms with Crippen molar-refractivity contribution in [2.75, 3.05) is 25.0 Å². The zero-order valence-electron chi connectivity index (χ0n) is 17.1. The molecule has 7 nitrogen and oxygen atoms in total. The topological polar surface area (TPSA) is 68.0 Å². The molecule has 1 amide bonds. The van der Waals surface area contributed by atoms with Crippen LogP contribution in [0.1, 0.15) is 36.7 Å². The lowest BCUT2D eigenvalue weighted by molar-refractivity contribution is -0.116. The molecule has 0 radical (unpaired) electrons. The van der Waals surface area contributed by atoms with Crippen LogP contribution in [0.2, 0.25) is 0 Å². The molecule has 2 aromatic heterocycles. The van der Waals surface area contributed by atoms with Gasteiger partial charge in [0, 0.05) is 44.5 Å². The van der Waals surface area contributed by atoms with Gasteiger partial charge in [0.05, 0.1) is 29.1 Å². The van der Waals surface area contributed by atoms with Gasteiger partial charge < -0.3 is 14.8 Å². The number of anilines is 1. The summed E-state index contributed by atoms with van der Waals surface area (Å²) in [6.07, 6.45) is 8.45. The number of nitrogens with zero attached hydrogens (tertiary/aromatic N) is 5. The highest BCUT2D eigenvalue weighted by molar-refractivity contribution is 5.92. The average molecular weight is 393 g/mol. The molecule has 3 aromatic rings. The Kier molecular flexibility index (Phi) is 5.76. The maximum Gasteiger partial charge on any atom is 0.225 e. The van der Waals surface area contributed by atoms with E-state index in [2.05, 4.69) is 24.9 Å². The van der Waals surface area contributed by atoms with Crippen molar-refractivity contribution in [1.82, 2.24) is 24.2 Å². The summed E-state index contributed by atoms with van der Waals surface area (Å²) in [5.74, 6) is 0.0422. The minimum atomic E-state index is 0.0422. The SMILES string of the molecule is Cc1nn(-c2ccccc2)c(C)c1NC(=O)CCN1CCC(n2ccnc2)CC1. The van der Waals surface area contributed by atoms with Crippen LogP contribution in [0.3, 0.4) is 0 Å². The van der Waals surface area contributed by atoms with Gasteiger partial charge in [-0.2, -0.15) is 5.10 Å². The fraction of sp³-hybridized carbons (Fsp3) is 0.409. The van der Waals surface area contributed by atoms with E-state index >= 15 is 0 Å². The summed E-state index contributed by atoms with van der Waals surface area (Å²) >= 11 is 0. The highest BCUT2D eigenvalue weighted by Gasteiger charge is 2.21. The Morgan fingerprint density at radius 2 is 1.93 bits per heavy atom. The molecule has 0 aliphatic carbocycles. The fourth-order valence-corrected chi connectivity index (χ4v) is 4.03. The first-order chi connectivity index (χ1) is 14.1. The first-order valence-electron chi connectivity index (χ1n) is 10.2. The summed E-state index contributed by atoms with van der Waals surface area (Å²) in [6.45, 7) is 6.74. The number of benzene rings is 1. The quantitative estimate of drug-likeness (QED) is 0.699. The van der Waals surface area contributed by atoms with Gasteiger partial charge in [-0.25, -0.2) is 9.67 Å². The lowest BCUT2D eigenvalue weighted by atomic mass is 10.0. The molecule has 0 bridgehead atoms. The number of imidazole rings is 1. The summed E-state index contributed by atoms with van der Waals surface area (Å²) < 4.78 is 4.08. The molecule has 0 spiro atoms. The van der Waals surface area contributed by atoms with Gasteiger partial charge in [-0.15, -0.1) is 0 Å². The number of nitrogens with one attached hydrogen (secondary N) is 1. The maximum atomic E-state index is 12.6. The molecule has 7 heteroatoms. The minimum Gasteiger partial charge on any atom is -0.334 e. The molecule has 1 N–H and O–H groups in total. The van der Waals surface area contributed by atoms with Crippen molar-refractivity contribution in [3.05, 3.63) is 60.4 Å². The van der Waals surface area contributed by atoms with E-state index in [9.17, 15) is 4.79 Å². The number of likely N-dealkylation sites (tertiary alicyclic amines) is 1. The third-order valence-corrected chi connectivity index (χ3v) is 5.72. The van der Waals surface area contributed by atoms with Gasteiger partial charge >= 0.3 is 0 Å². The Labute approximate surface area is 171 Å². The zero-order chi connectivity index (χ0) is 20.2. The fourth-order valence-electron chi connectivity index (χ4n) is 4.03. The van der Waals surface area contributed by atoms with Gasteiger partial charge in [0.1, 0.15) is 0 Å². The number of aryl methyl sites for hydroxylation is 1. The lowest BCUT2D eigenvalue weighted by Gasteiger charge is -2.32. The van der Waals surface area contributed by atoms with Gasteiger partial charge in [-0.1, -0.05) is 18.2 Å². The predicted molar refractivity (Wildman–Crippen MR) is 113 cm³/mol. The van der Waals surface area contributed by atoms with E-state index in [0.29, 0.717) is 12.5 Å². The molecule has 1 saturated heterocycles. The standard InChI is InChI=1S/C22H28N6O/c1-17-22(18(2)28(25-17)20-6-4-3-5-7-20)24-21(29)10-14-26-12-8-19(9-13-26)27-15-11-23-16-27/h3-7,11,15-16,19H,8-10,12-14H2,1-2H3,(H,24,29). The molecule has 1 aliphatic rings. The van der Waals surface area contributed by atoms with Crippen molar-refractivity contribution in [3.8, 4) is 5.69 Å². The van der Waals surface area contributed by atoms with Gasteiger partial charge in [-0.05, 0) is 38.8 Å². The lowest BCUT2D eigenvalue weighted by Crippen LogP contribution is -2.36. The van der Waals surface area contributed by atoms with Crippen molar-refractivity contribution >= 4 is 11.6 Å². The Morgan fingerprint density at radius 3 is 2.62 bits per heavy atom. The van der Waals surface area contributed by atoms with Crippen molar-refractivity contribution < 1.29 is 4.79 Å². The number of aromatic nitrogens is 4. The van der Waals surface area contributed by atoms with E-state index in [4.69, 9.17) is 0 Å². The monoisotopic (exact) mass is 392 g/mol. The number of piperidine rings is 1. The van der Waals surface area contributed by atoms with Gasteiger partial charge in [0.25, 0.3) is 0 Å². The van der Waals surface area contributed by atoms with Crippen LogP contribution in [0.4, 0.5) is 5.69 Å². The normalized spacial score (nSPS) is 15.5. The van der Waals surface area contributed by atoms with Crippen LogP contribution in [-0.4, -0.2) is 49.8 Å². The van der Waals surface area contributed by atoms with Crippen LogP contribution in [-0.2, 0) is 4.79 Å². The van der Waals surface area contributed by atoms with E-state index in [-0.39, 0.29) is 5.91 Å². The Morgan fingerprint density at radius 1 is 1.17 bits per heavy atom. The Balaban J connectivity index is 1.30. The van der Waals surface area contributed by atoms with Crippen LogP contribution in [0.5, 0.6) is 0 Å². The number of para-hydroxylation sites is 1. The number of amides is 1. The Hall–Kier alpha value is -2.93. The average Bonchev–Trinajstić information content (AvgIpc) is 3.38. The van der Waals surface area contributed by atoms with E-state index in [1.807, 2.05) is 67.6 Å². The molecule has 3 heterocycles. The molecule has 1 fully saturated rings. The van der Waals surface area contributed by atoms with E-state index in [1.165, 1.54) is 0 Å². The molecular weight excluding hydrogens is 364 g/mol. The maximum absolute atomic E-state index is 12.6. The highest BCUT2D eigenvalue weighted by atomic mass is 16.1. The molecule has 0 unspecified atom stereocenters. The third-order valence-electron chi connectivity index (χ3n) is 5.72. The molecule has 0 atom stereocenters. The first kappa shape index (κ1) is 19.4. The molecular formula is C22H28N6O. The number of carbonyl (C=O) groups is 1. The summed E-state index contributed by atoms with van der Waals surface area (Å²) in [5, 5.41) is 7.68. The minimum absolute atomic E-state index is 0.0422. The highest BCUT2D eigenvalue weighted by Crippen LogP contribution is 2.24. The zero-order valence-corrected chi connectivity index (χ0v) is 17.1. The summed E-state index contributed by atoms with van der Waals surface area (Å²) in [7, 11) is 0. The second-order valence-corrected chi connectivity index (χ2v) is 7.67. The van der Waals surface area contributed by atoms with Crippen LogP contribution in [0.15, 0.2) is 49.1 Å². The van der Waals surface area contributed by atoms with Crippen molar-refractivity contribution in [1.29, 1.82) is 0 Å². The number of rotatable bonds is 6. The molecule has 1 aliphatic heterocycles. The summed E-state index contributed by atoms with van der Waals surface area (Å²) in [4.78, 5) is 19.1. The van der Waals surface area contributed by atoms with E-state index in [0.717, 1.165) is 55.2 Å². The first-order valence-corrected chi connectivity index (χ1v) is 10.2. The van der Waals surface area contributed by atoms with E-state index in [1.54, 1.807) is 0 Å². The van der Waals surface area contributed by atoms with Crippen LogP contribution >= 0.6 is 0 Å². The van der Waals surface area contributed by atoms with Crippen molar-refractivity contribution in [2.45, 2.75) is 39.2 Å². The second-order valence-electron chi connectivity index (χ2n) is 7.67. The van der Waals surface area contributed by atoms with Crippen molar-refractivity contribution in [2.24, 2.45) is 0 Å². The second kappa shape index (κ2) is 8.61. The number of hydrogen-bond acceptors (Lipinski definition) is 4. The van der Waals surface area contributed by atoms with Gasteiger partial charge in [0.15, 0.2) is 0 Å². The van der Waals surface area contributed by atoms with Crippen molar-refractivity contribution in [3.63, 3.8) is 0 Å². The van der Waals surface area contributed by atoms with Crippen LogP contribution in [0.25, 0.3) is 5.69 Å². The smallest absolute Gasteiger partial charge is 0.225 e. The molecule has 4 rings (SSSR count). The largest absolute Gasteiger partial charge is 0.334 e. The van der Waals surface area contributed by atoms with Gasteiger partial charge in [0.2, 0.25) is 5.91 Å². The third kappa shape index (κ3) is 4.40. The molecule has 152 valence electrons. The predicted octanol–water partition coefficient (Wildman–Crippen LogP) is 3.35. The van der Waals surface area contributed by atoms with E-state index < -0.39 is 0 Å².